The molecular weight excluding hydrogens is 232 g/mol. The number of hydrogen-bond donors (Lipinski definition) is 1. The summed E-state index contributed by atoms with van der Waals surface area (Å²) in [5.74, 6) is 0.569. The van der Waals surface area contributed by atoms with Gasteiger partial charge in [-0.15, -0.1) is 0 Å². The summed E-state index contributed by atoms with van der Waals surface area (Å²) in [6.45, 7) is 1.68. The molecule has 0 spiro atoms. The Morgan fingerprint density at radius 1 is 1.44 bits per heavy atom. The topological polar surface area (TPSA) is 64.4 Å². The fraction of sp³-hybridized carbons (Fsp3) is 0.538. The standard InChI is InChI=1S/C13H18N2O3/c16-15(17)12-5-3-6-13(10-12)18-9-7-11-4-1-2-8-14-11/h3,5-6,10-11,14H,1-2,4,7-9H2/t11-/m0/s1. The molecule has 1 N–H and O–H groups in total. The van der Waals surface area contributed by atoms with Crippen molar-refractivity contribution in [1.82, 2.24) is 5.32 Å². The molecule has 18 heavy (non-hydrogen) atoms. The fourth-order valence-electron chi connectivity index (χ4n) is 2.18. The number of nitrogens with zero attached hydrogens (tertiary/aromatic N) is 1. The zero-order valence-corrected chi connectivity index (χ0v) is 10.3. The van der Waals surface area contributed by atoms with Crippen LogP contribution >= 0.6 is 0 Å². The molecule has 1 saturated heterocycles. The first-order valence-electron chi connectivity index (χ1n) is 6.36. The van der Waals surface area contributed by atoms with Crippen molar-refractivity contribution in [2.75, 3.05) is 13.2 Å². The molecule has 1 fully saturated rings. The predicted octanol–water partition coefficient (Wildman–Crippen LogP) is 2.51. The van der Waals surface area contributed by atoms with Crippen molar-refractivity contribution in [3.8, 4) is 5.75 Å². The second-order valence-electron chi connectivity index (χ2n) is 4.54. The molecule has 0 saturated carbocycles. The Kier molecular flexibility index (Phi) is 4.52. The van der Waals surface area contributed by atoms with Gasteiger partial charge in [-0.3, -0.25) is 10.1 Å². The van der Waals surface area contributed by atoms with E-state index in [4.69, 9.17) is 4.74 Å². The van der Waals surface area contributed by atoms with E-state index in [1.54, 1.807) is 12.1 Å². The van der Waals surface area contributed by atoms with Crippen LogP contribution in [0.4, 0.5) is 5.69 Å². The van der Waals surface area contributed by atoms with E-state index in [1.165, 1.54) is 31.4 Å². The summed E-state index contributed by atoms with van der Waals surface area (Å²) < 4.78 is 5.56. The van der Waals surface area contributed by atoms with Crippen LogP contribution in [0.1, 0.15) is 25.7 Å². The van der Waals surface area contributed by atoms with Crippen molar-refractivity contribution in [3.63, 3.8) is 0 Å². The normalized spacial score (nSPS) is 19.4. The lowest BCUT2D eigenvalue weighted by molar-refractivity contribution is -0.384. The minimum absolute atomic E-state index is 0.0725. The van der Waals surface area contributed by atoms with Crippen molar-refractivity contribution in [3.05, 3.63) is 34.4 Å². The largest absolute Gasteiger partial charge is 0.493 e. The first-order chi connectivity index (χ1) is 8.75. The van der Waals surface area contributed by atoms with Crippen molar-refractivity contribution in [2.45, 2.75) is 31.7 Å². The maximum atomic E-state index is 10.6. The maximum Gasteiger partial charge on any atom is 0.273 e. The highest BCUT2D eigenvalue weighted by Gasteiger charge is 2.12. The van der Waals surface area contributed by atoms with Gasteiger partial charge in [0.2, 0.25) is 0 Å². The lowest BCUT2D eigenvalue weighted by Gasteiger charge is -2.23. The molecule has 0 bridgehead atoms. The van der Waals surface area contributed by atoms with Crippen molar-refractivity contribution >= 4 is 5.69 Å². The monoisotopic (exact) mass is 250 g/mol. The minimum atomic E-state index is -0.407. The van der Waals surface area contributed by atoms with E-state index in [1.807, 2.05) is 0 Å². The first kappa shape index (κ1) is 12.8. The molecular formula is C13H18N2O3. The molecule has 0 aliphatic carbocycles. The van der Waals surface area contributed by atoms with Gasteiger partial charge in [0.05, 0.1) is 17.6 Å². The molecule has 0 amide bonds. The third-order valence-electron chi connectivity index (χ3n) is 3.18. The number of nitrogens with one attached hydrogen (secondary N) is 1. The summed E-state index contributed by atoms with van der Waals surface area (Å²) in [4.78, 5) is 10.2. The quantitative estimate of drug-likeness (QED) is 0.644. The Hall–Kier alpha value is -1.62. The van der Waals surface area contributed by atoms with Gasteiger partial charge in [0.25, 0.3) is 5.69 Å². The van der Waals surface area contributed by atoms with Gasteiger partial charge in [-0.05, 0) is 31.9 Å². The molecule has 1 aromatic rings. The second kappa shape index (κ2) is 6.35. The van der Waals surface area contributed by atoms with Gasteiger partial charge in [-0.1, -0.05) is 12.5 Å². The highest BCUT2D eigenvalue weighted by Crippen LogP contribution is 2.19. The molecule has 1 aliphatic rings. The van der Waals surface area contributed by atoms with Crippen LogP contribution in [0, 0.1) is 10.1 Å². The van der Waals surface area contributed by atoms with Crippen LogP contribution in [-0.4, -0.2) is 24.1 Å². The molecule has 1 aliphatic heterocycles. The zero-order chi connectivity index (χ0) is 12.8. The lowest BCUT2D eigenvalue weighted by atomic mass is 10.0. The second-order valence-corrected chi connectivity index (χ2v) is 4.54. The Morgan fingerprint density at radius 2 is 2.33 bits per heavy atom. The number of piperidine rings is 1. The number of hydrogen-bond acceptors (Lipinski definition) is 4. The molecule has 1 atom stereocenters. The summed E-state index contributed by atoms with van der Waals surface area (Å²) >= 11 is 0. The van der Waals surface area contributed by atoms with Gasteiger partial charge < -0.3 is 10.1 Å². The van der Waals surface area contributed by atoms with Gasteiger partial charge in [-0.25, -0.2) is 0 Å². The number of benzene rings is 1. The molecule has 98 valence electrons. The Balaban J connectivity index is 1.78. The average molecular weight is 250 g/mol. The van der Waals surface area contributed by atoms with Gasteiger partial charge >= 0.3 is 0 Å². The van der Waals surface area contributed by atoms with E-state index in [0.29, 0.717) is 18.4 Å². The average Bonchev–Trinajstić information content (AvgIpc) is 2.40. The molecule has 1 heterocycles. The molecule has 5 nitrogen and oxygen atoms in total. The molecule has 0 radical (unpaired) electrons. The van der Waals surface area contributed by atoms with Crippen LogP contribution in [0.3, 0.4) is 0 Å². The number of nitro groups is 1. The Labute approximate surface area is 106 Å². The molecule has 2 rings (SSSR count). The Morgan fingerprint density at radius 3 is 3.06 bits per heavy atom. The summed E-state index contributed by atoms with van der Waals surface area (Å²) in [7, 11) is 0. The van der Waals surface area contributed by atoms with E-state index in [9.17, 15) is 10.1 Å². The van der Waals surface area contributed by atoms with Crippen LogP contribution < -0.4 is 10.1 Å². The SMILES string of the molecule is O=[N+]([O-])c1cccc(OCC[C@@H]2CCCCN2)c1. The minimum Gasteiger partial charge on any atom is -0.493 e. The smallest absolute Gasteiger partial charge is 0.273 e. The number of rotatable bonds is 5. The zero-order valence-electron chi connectivity index (χ0n) is 10.3. The predicted molar refractivity (Wildman–Crippen MR) is 68.9 cm³/mol. The Bertz CT molecular complexity index is 403. The lowest BCUT2D eigenvalue weighted by Crippen LogP contribution is -2.35. The molecule has 1 aromatic carbocycles. The van der Waals surface area contributed by atoms with Crippen molar-refractivity contribution in [2.24, 2.45) is 0 Å². The summed E-state index contributed by atoms with van der Waals surface area (Å²) in [5.41, 5.74) is 0.0725. The summed E-state index contributed by atoms with van der Waals surface area (Å²) in [5, 5.41) is 14.1. The number of nitro benzene ring substituents is 1. The summed E-state index contributed by atoms with van der Waals surface area (Å²) in [6, 6.07) is 6.86. The van der Waals surface area contributed by atoms with Crippen LogP contribution in [0.5, 0.6) is 5.75 Å². The number of ether oxygens (including phenoxy) is 1. The van der Waals surface area contributed by atoms with Crippen LogP contribution in [0.15, 0.2) is 24.3 Å². The third kappa shape index (κ3) is 3.70. The fourth-order valence-corrected chi connectivity index (χ4v) is 2.18. The molecule has 5 heteroatoms. The molecule has 0 unspecified atom stereocenters. The first-order valence-corrected chi connectivity index (χ1v) is 6.36. The van der Waals surface area contributed by atoms with Gasteiger partial charge in [0.1, 0.15) is 5.75 Å². The number of non-ortho nitro benzene ring substituents is 1. The molecule has 0 aromatic heterocycles. The van der Waals surface area contributed by atoms with Gasteiger partial charge in [0, 0.05) is 12.1 Å². The van der Waals surface area contributed by atoms with Gasteiger partial charge in [-0.2, -0.15) is 0 Å². The van der Waals surface area contributed by atoms with E-state index in [-0.39, 0.29) is 5.69 Å². The van der Waals surface area contributed by atoms with Crippen molar-refractivity contribution in [1.29, 1.82) is 0 Å². The summed E-state index contributed by atoms with van der Waals surface area (Å²) in [6.07, 6.45) is 4.66. The maximum absolute atomic E-state index is 10.6. The van der Waals surface area contributed by atoms with E-state index in [0.717, 1.165) is 13.0 Å². The van der Waals surface area contributed by atoms with E-state index < -0.39 is 4.92 Å². The van der Waals surface area contributed by atoms with E-state index in [2.05, 4.69) is 5.32 Å². The highest BCUT2D eigenvalue weighted by atomic mass is 16.6. The van der Waals surface area contributed by atoms with Crippen LogP contribution in [0.25, 0.3) is 0 Å². The van der Waals surface area contributed by atoms with E-state index >= 15 is 0 Å². The third-order valence-corrected chi connectivity index (χ3v) is 3.18. The van der Waals surface area contributed by atoms with Crippen LogP contribution in [-0.2, 0) is 0 Å². The van der Waals surface area contributed by atoms with Crippen LogP contribution in [0.2, 0.25) is 0 Å². The highest BCUT2D eigenvalue weighted by molar-refractivity contribution is 5.37. The van der Waals surface area contributed by atoms with Gasteiger partial charge in [0.15, 0.2) is 0 Å². The van der Waals surface area contributed by atoms with Crippen molar-refractivity contribution < 1.29 is 9.66 Å².